The highest BCUT2D eigenvalue weighted by molar-refractivity contribution is 5.85. The molecule has 2 N–H and O–H groups in total. The zero-order valence-electron chi connectivity index (χ0n) is 8.97. The number of carboxylic acid groups (broad SMARTS) is 1. The maximum atomic E-state index is 13.4. The third-order valence-electron chi connectivity index (χ3n) is 2.33. The minimum absolute atomic E-state index is 0.0367. The second-order valence-corrected chi connectivity index (χ2v) is 3.56. The second-order valence-electron chi connectivity index (χ2n) is 3.56. The van der Waals surface area contributed by atoms with E-state index in [0.717, 1.165) is 16.8 Å². The Morgan fingerprint density at radius 1 is 1.39 bits per heavy atom. The van der Waals surface area contributed by atoms with Gasteiger partial charge in [0.25, 0.3) is 0 Å². The Hall–Kier alpha value is -2.44. The molecule has 0 unspecified atom stereocenters. The van der Waals surface area contributed by atoms with Crippen molar-refractivity contribution in [3.63, 3.8) is 0 Å². The maximum absolute atomic E-state index is 13.4. The van der Waals surface area contributed by atoms with E-state index in [4.69, 9.17) is 5.11 Å². The molecule has 7 heteroatoms. The van der Waals surface area contributed by atoms with Crippen molar-refractivity contribution >= 4 is 5.97 Å². The van der Waals surface area contributed by atoms with E-state index in [1.54, 1.807) is 0 Å². The highest BCUT2D eigenvalue weighted by atomic mass is 19.2. The van der Waals surface area contributed by atoms with Gasteiger partial charge in [-0.15, -0.1) is 0 Å². The zero-order chi connectivity index (χ0) is 13.3. The number of nitrogens with zero attached hydrogens (tertiary/aromatic N) is 2. The first-order chi connectivity index (χ1) is 8.49. The third-order valence-corrected chi connectivity index (χ3v) is 2.33. The number of rotatable bonds is 3. The van der Waals surface area contributed by atoms with Crippen molar-refractivity contribution in [3.8, 4) is 5.88 Å². The summed E-state index contributed by atoms with van der Waals surface area (Å²) in [6.45, 7) is -0.261. The Morgan fingerprint density at radius 3 is 2.72 bits per heavy atom. The quantitative estimate of drug-likeness (QED) is 0.872. The van der Waals surface area contributed by atoms with E-state index < -0.39 is 23.5 Å². The largest absolute Gasteiger partial charge is 0.493 e. The lowest BCUT2D eigenvalue weighted by molar-refractivity contribution is 0.0689. The van der Waals surface area contributed by atoms with Crippen molar-refractivity contribution in [2.24, 2.45) is 0 Å². The van der Waals surface area contributed by atoms with Crippen molar-refractivity contribution < 1.29 is 23.8 Å². The fraction of sp³-hybridized carbons (Fsp3) is 0.0909. The van der Waals surface area contributed by atoms with Crippen LogP contribution in [-0.2, 0) is 6.54 Å². The van der Waals surface area contributed by atoms with Crippen molar-refractivity contribution in [1.29, 1.82) is 0 Å². The van der Waals surface area contributed by atoms with E-state index in [1.165, 1.54) is 12.1 Å². The minimum atomic E-state index is -1.32. The molecule has 0 atom stereocenters. The number of aromatic nitrogens is 2. The van der Waals surface area contributed by atoms with Crippen molar-refractivity contribution in [2.75, 3.05) is 0 Å². The molecule has 2 rings (SSSR count). The van der Waals surface area contributed by atoms with Crippen LogP contribution in [0.25, 0.3) is 0 Å². The third kappa shape index (κ3) is 2.15. The van der Waals surface area contributed by atoms with Gasteiger partial charge in [-0.25, -0.2) is 18.3 Å². The molecule has 0 amide bonds. The Bertz CT molecular complexity index is 610. The summed E-state index contributed by atoms with van der Waals surface area (Å²) in [6, 6.07) is 4.52. The van der Waals surface area contributed by atoms with Crippen LogP contribution in [0, 0.1) is 11.6 Å². The van der Waals surface area contributed by atoms with Gasteiger partial charge in [0.15, 0.2) is 17.3 Å². The standard InChI is InChI=1S/C11H8F2N2O3/c12-7-3-1-2-6(10(7)13)5-15-9(16)4-8(14-15)11(17)18/h1-4,16H,5H2,(H,17,18). The normalized spacial score (nSPS) is 10.6. The first kappa shape index (κ1) is 12.0. The van der Waals surface area contributed by atoms with Crippen LogP contribution in [0.2, 0.25) is 0 Å². The molecular weight excluding hydrogens is 246 g/mol. The summed E-state index contributed by atoms with van der Waals surface area (Å²) in [5.41, 5.74) is -0.408. The Balaban J connectivity index is 2.34. The maximum Gasteiger partial charge on any atom is 0.356 e. The molecule has 0 spiro atoms. The lowest BCUT2D eigenvalue weighted by atomic mass is 10.2. The highest BCUT2D eigenvalue weighted by Gasteiger charge is 2.15. The van der Waals surface area contributed by atoms with Gasteiger partial charge in [0.1, 0.15) is 0 Å². The van der Waals surface area contributed by atoms with Crippen molar-refractivity contribution in [1.82, 2.24) is 9.78 Å². The van der Waals surface area contributed by atoms with Gasteiger partial charge in [0, 0.05) is 11.6 Å². The predicted molar refractivity (Wildman–Crippen MR) is 56.3 cm³/mol. The molecule has 0 radical (unpaired) electrons. The van der Waals surface area contributed by atoms with Crippen LogP contribution in [0.1, 0.15) is 16.1 Å². The molecular formula is C11H8F2N2O3. The van der Waals surface area contributed by atoms with Gasteiger partial charge in [-0.2, -0.15) is 5.10 Å². The van der Waals surface area contributed by atoms with Crippen LogP contribution in [0.5, 0.6) is 5.88 Å². The minimum Gasteiger partial charge on any atom is -0.493 e. The second kappa shape index (κ2) is 4.44. The van der Waals surface area contributed by atoms with Crippen molar-refractivity contribution in [3.05, 3.63) is 47.2 Å². The number of carbonyl (C=O) groups is 1. The predicted octanol–water partition coefficient (Wildman–Crippen LogP) is 1.61. The summed E-state index contributed by atoms with van der Waals surface area (Å²) >= 11 is 0. The van der Waals surface area contributed by atoms with E-state index in [1.807, 2.05) is 0 Å². The summed E-state index contributed by atoms with van der Waals surface area (Å²) in [6.07, 6.45) is 0. The van der Waals surface area contributed by atoms with Gasteiger partial charge >= 0.3 is 5.97 Å². The van der Waals surface area contributed by atoms with Gasteiger partial charge in [-0.3, -0.25) is 0 Å². The average molecular weight is 254 g/mol. The van der Waals surface area contributed by atoms with Crippen LogP contribution >= 0.6 is 0 Å². The monoisotopic (exact) mass is 254 g/mol. The molecule has 1 heterocycles. The molecule has 0 aliphatic rings. The Labute approximate surface area is 99.9 Å². The van der Waals surface area contributed by atoms with Gasteiger partial charge in [0.05, 0.1) is 6.54 Å². The molecule has 0 bridgehead atoms. The van der Waals surface area contributed by atoms with Gasteiger partial charge in [-0.05, 0) is 6.07 Å². The topological polar surface area (TPSA) is 75.3 Å². The van der Waals surface area contributed by atoms with Crippen molar-refractivity contribution in [2.45, 2.75) is 6.54 Å². The lowest BCUT2D eigenvalue weighted by Crippen LogP contribution is -2.06. The van der Waals surface area contributed by atoms with Crippen LogP contribution in [0.4, 0.5) is 8.78 Å². The van der Waals surface area contributed by atoms with Gasteiger partial charge in [-0.1, -0.05) is 12.1 Å². The molecule has 0 aliphatic heterocycles. The zero-order valence-corrected chi connectivity index (χ0v) is 8.97. The van der Waals surface area contributed by atoms with E-state index in [0.29, 0.717) is 0 Å². The molecule has 0 saturated heterocycles. The SMILES string of the molecule is O=C(O)c1cc(O)n(Cc2cccc(F)c2F)n1. The Morgan fingerprint density at radius 2 is 2.11 bits per heavy atom. The smallest absolute Gasteiger partial charge is 0.356 e. The summed E-state index contributed by atoms with van der Waals surface area (Å²) in [5.74, 6) is -3.82. The summed E-state index contributed by atoms with van der Waals surface area (Å²) in [5, 5.41) is 21.6. The number of hydrogen-bond donors (Lipinski definition) is 2. The molecule has 94 valence electrons. The van der Waals surface area contributed by atoms with E-state index in [9.17, 15) is 18.7 Å². The fourth-order valence-corrected chi connectivity index (χ4v) is 1.46. The Kier molecular flexibility index (Phi) is 2.97. The van der Waals surface area contributed by atoms with Crippen LogP contribution < -0.4 is 0 Å². The molecule has 1 aromatic carbocycles. The number of aromatic hydroxyl groups is 1. The summed E-state index contributed by atoms with van der Waals surface area (Å²) in [7, 11) is 0. The molecule has 0 fully saturated rings. The first-order valence-electron chi connectivity index (χ1n) is 4.92. The molecule has 2 aromatic rings. The van der Waals surface area contributed by atoms with E-state index in [-0.39, 0.29) is 17.8 Å². The first-order valence-corrected chi connectivity index (χ1v) is 4.92. The lowest BCUT2D eigenvalue weighted by Gasteiger charge is -2.05. The molecule has 1 aromatic heterocycles. The molecule has 18 heavy (non-hydrogen) atoms. The highest BCUT2D eigenvalue weighted by Crippen LogP contribution is 2.17. The summed E-state index contributed by atoms with van der Waals surface area (Å²) in [4.78, 5) is 10.6. The number of aromatic carboxylic acids is 1. The van der Waals surface area contributed by atoms with Gasteiger partial charge < -0.3 is 10.2 Å². The number of hydrogen-bond acceptors (Lipinski definition) is 3. The number of halogens is 2. The molecule has 0 saturated carbocycles. The van der Waals surface area contributed by atoms with E-state index >= 15 is 0 Å². The van der Waals surface area contributed by atoms with Gasteiger partial charge in [0.2, 0.25) is 5.88 Å². The molecule has 5 nitrogen and oxygen atoms in total. The fourth-order valence-electron chi connectivity index (χ4n) is 1.46. The van der Waals surface area contributed by atoms with Crippen LogP contribution in [0.3, 0.4) is 0 Å². The van der Waals surface area contributed by atoms with E-state index in [2.05, 4.69) is 5.10 Å². The number of carboxylic acids is 1. The number of benzene rings is 1. The molecule has 0 aliphatic carbocycles. The van der Waals surface area contributed by atoms with Crippen LogP contribution in [0.15, 0.2) is 24.3 Å². The van der Waals surface area contributed by atoms with Crippen LogP contribution in [-0.4, -0.2) is 26.0 Å². The summed E-state index contributed by atoms with van der Waals surface area (Å²) < 4.78 is 27.2. The average Bonchev–Trinajstić information content (AvgIpc) is 2.67.